The van der Waals surface area contributed by atoms with E-state index in [1.54, 1.807) is 0 Å². The van der Waals surface area contributed by atoms with E-state index < -0.39 is 32.5 Å². The van der Waals surface area contributed by atoms with E-state index in [1.165, 1.54) is 218 Å². The third-order valence-electron chi connectivity index (χ3n) is 12.5. The van der Waals surface area contributed by atoms with Crippen molar-refractivity contribution in [1.29, 1.82) is 0 Å². The van der Waals surface area contributed by atoms with Crippen LogP contribution in [-0.4, -0.2) is 38.1 Å². The number of esters is 2. The van der Waals surface area contributed by atoms with Crippen molar-refractivity contribution in [3.63, 3.8) is 0 Å². The molecule has 0 fully saturated rings. The number of unbranched alkanes of at least 4 members (excludes halogenated alkanes) is 36. The molecule has 1 aromatic rings. The van der Waals surface area contributed by atoms with Crippen LogP contribution < -0.4 is 29.6 Å². The second kappa shape index (κ2) is 47.6. The molecule has 1 aromatic carbocycles. The van der Waals surface area contributed by atoms with E-state index in [-0.39, 0.29) is 48.3 Å². The molecule has 0 aromatic heterocycles. The van der Waals surface area contributed by atoms with Gasteiger partial charge in [0.2, 0.25) is 0 Å². The van der Waals surface area contributed by atoms with Crippen LogP contribution in [0.4, 0.5) is 0 Å². The van der Waals surface area contributed by atoms with Gasteiger partial charge in [-0.15, -0.1) is 0 Å². The summed E-state index contributed by atoms with van der Waals surface area (Å²) in [5.74, 6) is -1.80. The summed E-state index contributed by atoms with van der Waals surface area (Å²) < 4.78 is 47.0. The van der Waals surface area contributed by atoms with Crippen LogP contribution >= 0.6 is 0 Å². The Bertz CT molecular complexity index is 1410. The fourth-order valence-corrected chi connectivity index (χ4v) is 9.12. The average Bonchev–Trinajstić information content (AvgIpc) is 3.28. The Labute approximate surface area is 423 Å². The summed E-state index contributed by atoms with van der Waals surface area (Å²) >= 11 is 0. The molecule has 9 heteroatoms. The molecule has 65 heavy (non-hydrogen) atoms. The number of allylic oxidation sites excluding steroid dienone is 4. The molecule has 0 unspecified atom stereocenters. The molecular weight excluding hydrogens is 840 g/mol. The second-order valence-electron chi connectivity index (χ2n) is 18.5. The van der Waals surface area contributed by atoms with Gasteiger partial charge in [0, 0.05) is 0 Å². The first kappa shape index (κ1) is 63.5. The summed E-state index contributed by atoms with van der Waals surface area (Å²) in [6, 6.07) is 3.66. The molecular formula is C56H97NaO7S. The van der Waals surface area contributed by atoms with Crippen LogP contribution in [0.3, 0.4) is 0 Å². The quantitative estimate of drug-likeness (QED) is 0.0210. The molecule has 0 bridgehead atoms. The van der Waals surface area contributed by atoms with Crippen LogP contribution in [0.25, 0.3) is 0 Å². The molecule has 0 radical (unpaired) electrons. The van der Waals surface area contributed by atoms with Gasteiger partial charge in [0.25, 0.3) is 0 Å². The Balaban J connectivity index is 0.0000410. The molecule has 0 spiro atoms. The van der Waals surface area contributed by atoms with Gasteiger partial charge in [-0.2, -0.15) is 0 Å². The molecule has 370 valence electrons. The normalized spacial score (nSPS) is 11.7. The number of ether oxygens (including phenoxy) is 2. The summed E-state index contributed by atoms with van der Waals surface area (Å²) in [4.78, 5) is 25.4. The Kier molecular flexibility index (Phi) is 46.5. The van der Waals surface area contributed by atoms with Gasteiger partial charge >= 0.3 is 41.5 Å². The molecule has 7 nitrogen and oxygen atoms in total. The van der Waals surface area contributed by atoms with E-state index >= 15 is 0 Å². The average molecular weight is 937 g/mol. The monoisotopic (exact) mass is 937 g/mol. The van der Waals surface area contributed by atoms with Crippen molar-refractivity contribution in [2.45, 2.75) is 276 Å². The van der Waals surface area contributed by atoms with Gasteiger partial charge in [0.05, 0.1) is 29.2 Å². The first-order valence-corrected chi connectivity index (χ1v) is 28.5. The maximum atomic E-state index is 13.1. The predicted octanol–water partition coefficient (Wildman–Crippen LogP) is 14.7. The Hall–Kier alpha value is -1.45. The number of carbonyl (C=O) groups is 2. The van der Waals surface area contributed by atoms with Gasteiger partial charge < -0.3 is 14.0 Å². The van der Waals surface area contributed by atoms with Crippen molar-refractivity contribution >= 4 is 22.1 Å². The molecule has 0 heterocycles. The number of hydrogen-bond donors (Lipinski definition) is 0. The predicted molar refractivity (Wildman–Crippen MR) is 269 cm³/mol. The Morgan fingerprint density at radius 1 is 0.431 bits per heavy atom. The van der Waals surface area contributed by atoms with Gasteiger partial charge in [-0.25, -0.2) is 18.0 Å². The van der Waals surface area contributed by atoms with E-state index in [0.29, 0.717) is 12.8 Å². The van der Waals surface area contributed by atoms with Crippen LogP contribution in [-0.2, 0) is 19.6 Å². The van der Waals surface area contributed by atoms with Crippen molar-refractivity contribution < 1.29 is 61.6 Å². The zero-order chi connectivity index (χ0) is 46.4. The molecule has 1 rings (SSSR count). The SMILES string of the molecule is CCC/C=C/CCCCCCCCCCCCCCCCCCCOC(=O)c1cccc(S(=O)(=O)[O-])c1C(=O)OCCCCCCCCCCCCCCCCCCC/C=C/CCC.[Na+]. The second-order valence-corrected chi connectivity index (χ2v) is 19.9. The van der Waals surface area contributed by atoms with Crippen molar-refractivity contribution in [2.75, 3.05) is 13.2 Å². The number of hydrogen-bond acceptors (Lipinski definition) is 7. The Morgan fingerprint density at radius 2 is 0.708 bits per heavy atom. The minimum absolute atomic E-state index is 0. The molecule has 0 saturated carbocycles. The summed E-state index contributed by atoms with van der Waals surface area (Å²) in [5, 5.41) is 0. The van der Waals surface area contributed by atoms with Crippen molar-refractivity contribution in [1.82, 2.24) is 0 Å². The van der Waals surface area contributed by atoms with E-state index in [0.717, 1.165) is 44.6 Å². The molecule has 0 N–H and O–H groups in total. The van der Waals surface area contributed by atoms with Crippen molar-refractivity contribution in [2.24, 2.45) is 0 Å². The van der Waals surface area contributed by atoms with E-state index in [9.17, 15) is 22.6 Å². The van der Waals surface area contributed by atoms with Crippen LogP contribution in [0.1, 0.15) is 291 Å². The zero-order valence-electron chi connectivity index (χ0n) is 42.5. The summed E-state index contributed by atoms with van der Waals surface area (Å²) in [6.07, 6.45) is 59.1. The molecule has 0 aliphatic heterocycles. The van der Waals surface area contributed by atoms with E-state index in [4.69, 9.17) is 9.47 Å². The summed E-state index contributed by atoms with van der Waals surface area (Å²) in [5.41, 5.74) is -0.766. The zero-order valence-corrected chi connectivity index (χ0v) is 45.3. The van der Waals surface area contributed by atoms with Gasteiger partial charge in [0.1, 0.15) is 10.1 Å². The molecule has 0 saturated heterocycles. The minimum Gasteiger partial charge on any atom is -0.744 e. The maximum absolute atomic E-state index is 13.1. The van der Waals surface area contributed by atoms with Crippen LogP contribution in [0.5, 0.6) is 0 Å². The van der Waals surface area contributed by atoms with E-state index in [2.05, 4.69) is 38.2 Å². The third-order valence-corrected chi connectivity index (χ3v) is 13.3. The summed E-state index contributed by atoms with van der Waals surface area (Å²) in [7, 11) is -5.02. The first-order chi connectivity index (χ1) is 31.3. The van der Waals surface area contributed by atoms with E-state index in [1.807, 2.05) is 0 Å². The summed E-state index contributed by atoms with van der Waals surface area (Å²) in [6.45, 7) is 4.71. The maximum Gasteiger partial charge on any atom is 1.00 e. The largest absolute Gasteiger partial charge is 1.00 e. The topological polar surface area (TPSA) is 110 Å². The molecule has 0 aliphatic rings. The van der Waals surface area contributed by atoms with Crippen LogP contribution in [0, 0.1) is 0 Å². The number of rotatable bonds is 47. The fourth-order valence-electron chi connectivity index (χ4n) is 8.44. The van der Waals surface area contributed by atoms with Gasteiger partial charge in [-0.3, -0.25) is 0 Å². The van der Waals surface area contributed by atoms with Gasteiger partial charge in [-0.05, 0) is 63.5 Å². The van der Waals surface area contributed by atoms with Crippen LogP contribution in [0.2, 0.25) is 0 Å². The van der Waals surface area contributed by atoms with Gasteiger partial charge in [0.15, 0.2) is 0 Å². The first-order valence-electron chi connectivity index (χ1n) is 27.1. The van der Waals surface area contributed by atoms with Crippen molar-refractivity contribution in [3.05, 3.63) is 53.6 Å². The fraction of sp³-hybridized carbons (Fsp3) is 0.786. The molecule has 0 aliphatic carbocycles. The molecule has 0 amide bonds. The van der Waals surface area contributed by atoms with Crippen molar-refractivity contribution in [3.8, 4) is 0 Å². The third kappa shape index (κ3) is 39.1. The van der Waals surface area contributed by atoms with Crippen LogP contribution in [0.15, 0.2) is 47.4 Å². The molecule has 0 atom stereocenters. The minimum atomic E-state index is -5.02. The van der Waals surface area contributed by atoms with Gasteiger partial charge in [-0.1, -0.05) is 250 Å². The smallest absolute Gasteiger partial charge is 0.744 e. The standard InChI is InChI=1S/C56H98O7S.Na/c1-3-5-7-9-11-13-15-17-19-21-23-25-27-29-31-33-35-37-39-41-43-45-50-62-55(57)52-48-47-49-53(64(59,60)61)54(52)56(58)63-51-46-44-42-40-38-36-34-32-30-28-26-24-22-20-18-16-14-12-10-8-6-4-2;/h7-10,47-49H,3-6,11-46,50-51H2,1-2H3,(H,59,60,61);/q;+1/p-1/b9-7+,10-8+;. The number of carbonyl (C=O) groups excluding carboxylic acids is 2. The Morgan fingerprint density at radius 3 is 1.02 bits per heavy atom. The number of benzene rings is 1.